The SMILES string of the molecule is Fc1ccccc1Cc1cnc(N2CCN(c3ncnc(Nc4ccc5c(c4)CNCC5)n3)CC2)nc1. The number of anilines is 4. The van der Waals surface area contributed by atoms with Crippen LogP contribution in [-0.2, 0) is 19.4 Å². The molecule has 1 saturated heterocycles. The van der Waals surface area contributed by atoms with E-state index in [1.54, 1.807) is 30.9 Å². The summed E-state index contributed by atoms with van der Waals surface area (Å²) in [7, 11) is 0. The van der Waals surface area contributed by atoms with E-state index in [9.17, 15) is 4.39 Å². The van der Waals surface area contributed by atoms with Crippen LogP contribution in [0.5, 0.6) is 0 Å². The van der Waals surface area contributed by atoms with Crippen LogP contribution >= 0.6 is 0 Å². The first-order valence-electron chi connectivity index (χ1n) is 12.5. The van der Waals surface area contributed by atoms with Crippen LogP contribution in [-0.4, -0.2) is 57.6 Å². The Hall–Kier alpha value is -4.18. The van der Waals surface area contributed by atoms with E-state index in [4.69, 9.17) is 0 Å². The highest BCUT2D eigenvalue weighted by atomic mass is 19.1. The number of nitrogens with one attached hydrogen (secondary N) is 2. The molecule has 10 heteroatoms. The molecule has 2 aromatic carbocycles. The summed E-state index contributed by atoms with van der Waals surface area (Å²) in [5, 5.41) is 6.74. The highest BCUT2D eigenvalue weighted by Crippen LogP contribution is 2.22. The molecule has 188 valence electrons. The van der Waals surface area contributed by atoms with Gasteiger partial charge in [0.2, 0.25) is 17.8 Å². The van der Waals surface area contributed by atoms with Gasteiger partial charge in [0.15, 0.2) is 0 Å². The van der Waals surface area contributed by atoms with E-state index in [-0.39, 0.29) is 5.82 Å². The highest BCUT2D eigenvalue weighted by molar-refractivity contribution is 5.57. The predicted molar refractivity (Wildman–Crippen MR) is 141 cm³/mol. The second kappa shape index (κ2) is 10.4. The van der Waals surface area contributed by atoms with Gasteiger partial charge in [-0.05, 0) is 53.4 Å². The van der Waals surface area contributed by atoms with E-state index in [0.29, 0.717) is 29.8 Å². The first-order chi connectivity index (χ1) is 18.2. The highest BCUT2D eigenvalue weighted by Gasteiger charge is 2.21. The molecule has 0 aliphatic carbocycles. The Bertz CT molecular complexity index is 1370. The zero-order valence-electron chi connectivity index (χ0n) is 20.4. The lowest BCUT2D eigenvalue weighted by molar-refractivity contribution is 0.613. The Morgan fingerprint density at radius 2 is 1.65 bits per heavy atom. The van der Waals surface area contributed by atoms with Crippen LogP contribution in [0.25, 0.3) is 0 Å². The molecule has 4 aromatic rings. The molecule has 2 N–H and O–H groups in total. The third kappa shape index (κ3) is 5.34. The Labute approximate surface area is 214 Å². The quantitative estimate of drug-likeness (QED) is 0.417. The van der Waals surface area contributed by atoms with Crippen molar-refractivity contribution in [3.05, 3.63) is 89.3 Å². The maximum atomic E-state index is 13.9. The van der Waals surface area contributed by atoms with Gasteiger partial charge >= 0.3 is 0 Å². The third-order valence-corrected chi connectivity index (χ3v) is 6.80. The Balaban J connectivity index is 1.06. The van der Waals surface area contributed by atoms with Crippen molar-refractivity contribution in [1.82, 2.24) is 30.2 Å². The average Bonchev–Trinajstić information content (AvgIpc) is 2.95. The van der Waals surface area contributed by atoms with E-state index in [0.717, 1.165) is 56.9 Å². The molecule has 0 unspecified atom stereocenters. The van der Waals surface area contributed by atoms with Gasteiger partial charge in [0.1, 0.15) is 12.1 Å². The van der Waals surface area contributed by atoms with Crippen molar-refractivity contribution >= 4 is 23.5 Å². The molecular formula is C27H28FN9. The molecule has 6 rings (SSSR count). The minimum atomic E-state index is -0.209. The van der Waals surface area contributed by atoms with Gasteiger partial charge in [0.05, 0.1) is 0 Å². The van der Waals surface area contributed by atoms with E-state index >= 15 is 0 Å². The maximum Gasteiger partial charge on any atom is 0.231 e. The topological polar surface area (TPSA) is 95.0 Å². The second-order valence-corrected chi connectivity index (χ2v) is 9.28. The van der Waals surface area contributed by atoms with E-state index in [1.165, 1.54) is 17.2 Å². The molecule has 2 aromatic heterocycles. The van der Waals surface area contributed by atoms with Gasteiger partial charge in [-0.25, -0.2) is 24.3 Å². The molecule has 0 saturated carbocycles. The summed E-state index contributed by atoms with van der Waals surface area (Å²) in [6.45, 7) is 4.90. The van der Waals surface area contributed by atoms with Crippen LogP contribution < -0.4 is 20.4 Å². The van der Waals surface area contributed by atoms with Crippen molar-refractivity contribution in [1.29, 1.82) is 0 Å². The number of hydrogen-bond donors (Lipinski definition) is 2. The molecule has 2 aliphatic heterocycles. The average molecular weight is 498 g/mol. The summed E-state index contributed by atoms with van der Waals surface area (Å²) in [6, 6.07) is 13.2. The van der Waals surface area contributed by atoms with Gasteiger partial charge in [0, 0.05) is 57.2 Å². The molecule has 1 fully saturated rings. The molecular weight excluding hydrogens is 469 g/mol. The number of aromatic nitrogens is 5. The van der Waals surface area contributed by atoms with Crippen LogP contribution in [0.15, 0.2) is 61.2 Å². The number of hydrogen-bond acceptors (Lipinski definition) is 9. The fraction of sp³-hybridized carbons (Fsp3) is 0.296. The minimum absolute atomic E-state index is 0.209. The number of halogens is 1. The van der Waals surface area contributed by atoms with Crippen molar-refractivity contribution in [3.63, 3.8) is 0 Å². The maximum absolute atomic E-state index is 13.9. The van der Waals surface area contributed by atoms with Gasteiger partial charge < -0.3 is 20.4 Å². The van der Waals surface area contributed by atoms with Gasteiger partial charge in [-0.15, -0.1) is 0 Å². The largest absolute Gasteiger partial charge is 0.337 e. The molecule has 0 radical (unpaired) electrons. The minimum Gasteiger partial charge on any atom is -0.337 e. The summed E-state index contributed by atoms with van der Waals surface area (Å²) >= 11 is 0. The standard InChI is InChI=1S/C27H28FN9/c28-24-4-2-1-3-21(24)13-19-15-30-26(31-16-19)36-9-11-37(12-10-36)27-33-18-32-25(35-27)34-23-6-5-20-7-8-29-17-22(20)14-23/h1-6,14-16,18,29H,7-13,17H2,(H,32,33,34,35). The Morgan fingerprint density at radius 1 is 0.865 bits per heavy atom. The van der Waals surface area contributed by atoms with Gasteiger partial charge in [-0.3, -0.25) is 0 Å². The predicted octanol–water partition coefficient (Wildman–Crippen LogP) is 3.11. The summed E-state index contributed by atoms with van der Waals surface area (Å²) < 4.78 is 13.9. The van der Waals surface area contributed by atoms with Crippen molar-refractivity contribution in [2.75, 3.05) is 47.8 Å². The van der Waals surface area contributed by atoms with Crippen LogP contribution in [0, 0.1) is 5.82 Å². The molecule has 9 nitrogen and oxygen atoms in total. The lowest BCUT2D eigenvalue weighted by Crippen LogP contribution is -2.47. The van der Waals surface area contributed by atoms with Gasteiger partial charge in [-0.1, -0.05) is 24.3 Å². The Kier molecular flexibility index (Phi) is 6.55. The molecule has 2 aliphatic rings. The number of benzene rings is 2. The fourth-order valence-corrected chi connectivity index (χ4v) is 4.76. The lowest BCUT2D eigenvalue weighted by Gasteiger charge is -2.34. The third-order valence-electron chi connectivity index (χ3n) is 6.80. The van der Waals surface area contributed by atoms with Gasteiger partial charge in [0.25, 0.3) is 0 Å². The molecule has 0 bridgehead atoms. The molecule has 0 spiro atoms. The summed E-state index contributed by atoms with van der Waals surface area (Å²) in [5.41, 5.74) is 5.20. The zero-order valence-corrected chi connectivity index (χ0v) is 20.4. The van der Waals surface area contributed by atoms with E-state index in [2.05, 4.69) is 63.6 Å². The Morgan fingerprint density at radius 3 is 2.46 bits per heavy atom. The second-order valence-electron chi connectivity index (χ2n) is 9.28. The lowest BCUT2D eigenvalue weighted by atomic mass is 10.0. The van der Waals surface area contributed by atoms with E-state index in [1.807, 2.05) is 6.07 Å². The molecule has 37 heavy (non-hydrogen) atoms. The van der Waals surface area contributed by atoms with Crippen molar-refractivity contribution < 1.29 is 4.39 Å². The fourth-order valence-electron chi connectivity index (χ4n) is 4.76. The zero-order chi connectivity index (χ0) is 25.0. The summed E-state index contributed by atoms with van der Waals surface area (Å²) in [6.07, 6.45) is 6.64. The van der Waals surface area contributed by atoms with Crippen molar-refractivity contribution in [2.45, 2.75) is 19.4 Å². The number of piperazine rings is 1. The smallest absolute Gasteiger partial charge is 0.231 e. The van der Waals surface area contributed by atoms with Crippen molar-refractivity contribution in [2.24, 2.45) is 0 Å². The summed E-state index contributed by atoms with van der Waals surface area (Å²) in [5.74, 6) is 1.65. The first kappa shape index (κ1) is 23.2. The monoisotopic (exact) mass is 497 g/mol. The molecule has 0 amide bonds. The van der Waals surface area contributed by atoms with Crippen LogP contribution in [0.2, 0.25) is 0 Å². The first-order valence-corrected chi connectivity index (χ1v) is 12.5. The normalized spacial score (nSPS) is 15.4. The van der Waals surface area contributed by atoms with E-state index < -0.39 is 0 Å². The van der Waals surface area contributed by atoms with Gasteiger partial charge in [-0.2, -0.15) is 4.98 Å². The number of rotatable bonds is 6. The molecule has 4 heterocycles. The van der Waals surface area contributed by atoms with Crippen molar-refractivity contribution in [3.8, 4) is 0 Å². The number of nitrogens with zero attached hydrogens (tertiary/aromatic N) is 7. The van der Waals surface area contributed by atoms with Crippen LogP contribution in [0.4, 0.5) is 27.9 Å². The van der Waals surface area contributed by atoms with Crippen LogP contribution in [0.3, 0.4) is 0 Å². The molecule has 0 atom stereocenters. The van der Waals surface area contributed by atoms with Crippen LogP contribution in [0.1, 0.15) is 22.3 Å². The number of fused-ring (bicyclic) bond motifs is 1. The summed E-state index contributed by atoms with van der Waals surface area (Å²) in [4.78, 5) is 26.7.